The quantitative estimate of drug-likeness (QED) is 0.920. The molecule has 1 aromatic carbocycles. The zero-order chi connectivity index (χ0) is 16.1. The fraction of sp³-hybridized carbons (Fsp3) is 0.353. The number of nitrogens with one attached hydrogen (secondary N) is 1. The van der Waals surface area contributed by atoms with Crippen LogP contribution in [0, 0.1) is 13.8 Å². The third-order valence-corrected chi connectivity index (χ3v) is 3.72. The molecule has 1 aromatic heterocycles. The van der Waals surface area contributed by atoms with Gasteiger partial charge in [-0.05, 0) is 51.0 Å². The number of aryl methyl sites for hydroxylation is 2. The molecule has 0 aliphatic rings. The number of rotatable bonds is 5. The maximum absolute atomic E-state index is 12.3. The average Bonchev–Trinajstić information content (AvgIpc) is 2.52. The number of aromatic nitrogens is 2. The number of benzene rings is 1. The monoisotopic (exact) mass is 298 g/mol. The van der Waals surface area contributed by atoms with E-state index < -0.39 is 0 Å². The molecule has 1 amide bonds. The summed E-state index contributed by atoms with van der Waals surface area (Å²) in [6, 6.07) is 7.80. The van der Waals surface area contributed by atoms with Crippen molar-refractivity contribution in [2.45, 2.75) is 27.7 Å². The van der Waals surface area contributed by atoms with E-state index in [1.54, 1.807) is 11.0 Å². The minimum atomic E-state index is -0.0736. The molecule has 5 nitrogen and oxygen atoms in total. The largest absolute Gasteiger partial charge is 0.340 e. The van der Waals surface area contributed by atoms with Gasteiger partial charge in [0, 0.05) is 24.8 Å². The predicted octanol–water partition coefficient (Wildman–Crippen LogP) is 3.32. The lowest BCUT2D eigenvalue weighted by molar-refractivity contribution is 0.0767. The summed E-state index contributed by atoms with van der Waals surface area (Å²) in [4.78, 5) is 22.3. The smallest absolute Gasteiger partial charge is 0.272 e. The van der Waals surface area contributed by atoms with Crippen molar-refractivity contribution in [1.29, 1.82) is 0 Å². The van der Waals surface area contributed by atoms with Crippen LogP contribution in [0.5, 0.6) is 0 Å². The van der Waals surface area contributed by atoms with E-state index in [0.717, 1.165) is 5.69 Å². The predicted molar refractivity (Wildman–Crippen MR) is 88.5 cm³/mol. The minimum absolute atomic E-state index is 0.0736. The highest BCUT2D eigenvalue weighted by Gasteiger charge is 2.14. The lowest BCUT2D eigenvalue weighted by atomic mass is 10.1. The van der Waals surface area contributed by atoms with Crippen molar-refractivity contribution in [3.63, 3.8) is 0 Å². The summed E-state index contributed by atoms with van der Waals surface area (Å²) in [5.74, 6) is 0.546. The Bertz CT molecular complexity index is 665. The molecule has 2 rings (SSSR count). The van der Waals surface area contributed by atoms with E-state index >= 15 is 0 Å². The second-order valence-electron chi connectivity index (χ2n) is 5.19. The molecule has 0 atom stereocenters. The Balaban J connectivity index is 2.21. The van der Waals surface area contributed by atoms with Crippen molar-refractivity contribution in [3.05, 3.63) is 47.4 Å². The van der Waals surface area contributed by atoms with Crippen molar-refractivity contribution in [2.75, 3.05) is 18.4 Å². The van der Waals surface area contributed by atoms with Crippen molar-refractivity contribution < 1.29 is 4.79 Å². The van der Waals surface area contributed by atoms with Gasteiger partial charge in [-0.3, -0.25) is 4.79 Å². The molecule has 0 radical (unpaired) electrons. The molecule has 1 heterocycles. The second kappa shape index (κ2) is 7.02. The Labute approximate surface area is 131 Å². The molecule has 0 unspecified atom stereocenters. The molecular weight excluding hydrogens is 276 g/mol. The third-order valence-electron chi connectivity index (χ3n) is 3.72. The van der Waals surface area contributed by atoms with Crippen molar-refractivity contribution >= 4 is 17.4 Å². The van der Waals surface area contributed by atoms with Crippen molar-refractivity contribution in [1.82, 2.24) is 14.9 Å². The number of anilines is 2. The molecule has 1 N–H and O–H groups in total. The zero-order valence-electron chi connectivity index (χ0n) is 13.6. The number of nitrogens with zero attached hydrogens (tertiary/aromatic N) is 3. The molecule has 0 saturated carbocycles. The van der Waals surface area contributed by atoms with Crippen LogP contribution in [0.3, 0.4) is 0 Å². The fourth-order valence-corrected chi connectivity index (χ4v) is 2.18. The highest BCUT2D eigenvalue weighted by molar-refractivity contribution is 5.93. The van der Waals surface area contributed by atoms with Crippen LogP contribution in [0.2, 0.25) is 0 Å². The zero-order valence-corrected chi connectivity index (χ0v) is 13.6. The Morgan fingerprint density at radius 1 is 1.09 bits per heavy atom. The molecule has 0 fully saturated rings. The van der Waals surface area contributed by atoms with Gasteiger partial charge in [0.05, 0.1) is 0 Å². The molecule has 0 aliphatic carbocycles. The van der Waals surface area contributed by atoms with E-state index in [1.165, 1.54) is 17.5 Å². The first-order chi connectivity index (χ1) is 10.5. The maximum Gasteiger partial charge on any atom is 0.272 e. The third kappa shape index (κ3) is 3.61. The standard InChI is InChI=1S/C17H22N4O/c1-5-21(6-2)17(22)15-10-16(19-11-18-15)20-14-8-7-12(3)13(4)9-14/h7-11H,5-6H2,1-4H3,(H,18,19,20). The summed E-state index contributed by atoms with van der Waals surface area (Å²) in [6.07, 6.45) is 1.42. The van der Waals surface area contributed by atoms with Crippen LogP contribution in [-0.2, 0) is 0 Å². The molecule has 2 aromatic rings. The Morgan fingerprint density at radius 2 is 1.82 bits per heavy atom. The lowest BCUT2D eigenvalue weighted by Crippen LogP contribution is -2.31. The second-order valence-corrected chi connectivity index (χ2v) is 5.19. The van der Waals surface area contributed by atoms with Gasteiger partial charge in [-0.15, -0.1) is 0 Å². The van der Waals surface area contributed by atoms with Crippen LogP contribution >= 0.6 is 0 Å². The van der Waals surface area contributed by atoms with Crippen LogP contribution in [-0.4, -0.2) is 33.9 Å². The summed E-state index contributed by atoms with van der Waals surface area (Å²) in [5.41, 5.74) is 3.80. The van der Waals surface area contributed by atoms with Gasteiger partial charge in [-0.1, -0.05) is 6.07 Å². The molecule has 0 bridgehead atoms. The van der Waals surface area contributed by atoms with Gasteiger partial charge in [-0.2, -0.15) is 0 Å². The van der Waals surface area contributed by atoms with Crippen LogP contribution in [0.15, 0.2) is 30.6 Å². The summed E-state index contributed by atoms with van der Waals surface area (Å²) in [6.45, 7) is 9.38. The van der Waals surface area contributed by atoms with E-state index in [-0.39, 0.29) is 5.91 Å². The number of amides is 1. The highest BCUT2D eigenvalue weighted by atomic mass is 16.2. The summed E-state index contributed by atoms with van der Waals surface area (Å²) < 4.78 is 0. The number of hydrogen-bond donors (Lipinski definition) is 1. The van der Waals surface area contributed by atoms with Crippen LogP contribution < -0.4 is 5.32 Å². The molecule has 5 heteroatoms. The number of carbonyl (C=O) groups is 1. The van der Waals surface area contributed by atoms with E-state index in [2.05, 4.69) is 41.3 Å². The Morgan fingerprint density at radius 3 is 2.45 bits per heavy atom. The Kier molecular flexibility index (Phi) is 5.09. The van der Waals surface area contributed by atoms with Crippen LogP contribution in [0.4, 0.5) is 11.5 Å². The topological polar surface area (TPSA) is 58.1 Å². The molecule has 0 aliphatic heterocycles. The lowest BCUT2D eigenvalue weighted by Gasteiger charge is -2.18. The van der Waals surface area contributed by atoms with Gasteiger partial charge in [-0.25, -0.2) is 9.97 Å². The fourth-order valence-electron chi connectivity index (χ4n) is 2.18. The van der Waals surface area contributed by atoms with E-state index in [4.69, 9.17) is 0 Å². The summed E-state index contributed by atoms with van der Waals surface area (Å²) >= 11 is 0. The molecule has 0 spiro atoms. The van der Waals surface area contributed by atoms with Crippen molar-refractivity contribution in [2.24, 2.45) is 0 Å². The van der Waals surface area contributed by atoms with Gasteiger partial charge >= 0.3 is 0 Å². The molecule has 0 saturated heterocycles. The van der Waals surface area contributed by atoms with Crippen LogP contribution in [0.25, 0.3) is 0 Å². The summed E-state index contributed by atoms with van der Waals surface area (Å²) in [5, 5.41) is 3.22. The molecular formula is C17H22N4O. The van der Waals surface area contributed by atoms with Gasteiger partial charge in [0.1, 0.15) is 17.8 Å². The van der Waals surface area contributed by atoms with Crippen molar-refractivity contribution in [3.8, 4) is 0 Å². The highest BCUT2D eigenvalue weighted by Crippen LogP contribution is 2.18. The Hall–Kier alpha value is -2.43. The van der Waals surface area contributed by atoms with Crippen LogP contribution in [0.1, 0.15) is 35.5 Å². The number of hydrogen-bond acceptors (Lipinski definition) is 4. The van der Waals surface area contributed by atoms with Gasteiger partial charge < -0.3 is 10.2 Å². The van der Waals surface area contributed by atoms with Gasteiger partial charge in [0.2, 0.25) is 0 Å². The first-order valence-electron chi connectivity index (χ1n) is 7.50. The normalized spacial score (nSPS) is 10.4. The number of carbonyl (C=O) groups excluding carboxylic acids is 1. The summed E-state index contributed by atoms with van der Waals surface area (Å²) in [7, 11) is 0. The van der Waals surface area contributed by atoms with E-state index in [9.17, 15) is 4.79 Å². The maximum atomic E-state index is 12.3. The van der Waals surface area contributed by atoms with E-state index in [0.29, 0.717) is 24.6 Å². The SMILES string of the molecule is CCN(CC)C(=O)c1cc(Nc2ccc(C)c(C)c2)ncn1. The van der Waals surface area contributed by atoms with E-state index in [1.807, 2.05) is 19.9 Å². The van der Waals surface area contributed by atoms with Gasteiger partial charge in [0.15, 0.2) is 0 Å². The van der Waals surface area contributed by atoms with Gasteiger partial charge in [0.25, 0.3) is 5.91 Å². The molecule has 22 heavy (non-hydrogen) atoms. The molecule has 116 valence electrons. The first kappa shape index (κ1) is 15.9. The minimum Gasteiger partial charge on any atom is -0.340 e. The average molecular weight is 298 g/mol. The first-order valence-corrected chi connectivity index (χ1v) is 7.50.